The number of halogens is 1. The van der Waals surface area contributed by atoms with Crippen molar-refractivity contribution in [2.24, 2.45) is 0 Å². The van der Waals surface area contributed by atoms with Gasteiger partial charge in [-0.1, -0.05) is 35.4 Å². The van der Waals surface area contributed by atoms with Gasteiger partial charge in [0.1, 0.15) is 5.82 Å². The average molecular weight is 392 g/mol. The molecule has 0 saturated carbocycles. The van der Waals surface area contributed by atoms with Crippen LogP contribution >= 0.6 is 7.92 Å². The Bertz CT molecular complexity index is 856. The van der Waals surface area contributed by atoms with Crippen LogP contribution in [0.2, 0.25) is 0 Å². The molecule has 0 nitrogen and oxygen atoms in total. The highest BCUT2D eigenvalue weighted by Gasteiger charge is 2.27. The lowest BCUT2D eigenvalue weighted by atomic mass is 10.1. The summed E-state index contributed by atoms with van der Waals surface area (Å²) >= 11 is 0. The molecule has 0 aliphatic rings. The van der Waals surface area contributed by atoms with E-state index in [1.54, 1.807) is 12.1 Å². The summed E-state index contributed by atoms with van der Waals surface area (Å²) in [5, 5.41) is 4.11. The minimum absolute atomic E-state index is 0.150. The van der Waals surface area contributed by atoms with E-state index in [0.717, 1.165) is 11.1 Å². The van der Waals surface area contributed by atoms with Gasteiger partial charge in [-0.25, -0.2) is 4.39 Å². The lowest BCUT2D eigenvalue weighted by Crippen LogP contribution is -2.30. The van der Waals surface area contributed by atoms with Gasteiger partial charge in [-0.15, -0.1) is 0 Å². The fourth-order valence-electron chi connectivity index (χ4n) is 4.64. The zero-order valence-corrected chi connectivity index (χ0v) is 19.2. The topological polar surface area (TPSA) is 0 Å². The van der Waals surface area contributed by atoms with Crippen molar-refractivity contribution >= 4 is 23.8 Å². The van der Waals surface area contributed by atoms with Crippen LogP contribution in [0.15, 0.2) is 36.4 Å². The first-order valence-electron chi connectivity index (χ1n) is 9.82. The fourth-order valence-corrected chi connectivity index (χ4v) is 7.82. The maximum atomic E-state index is 14.1. The third kappa shape index (κ3) is 3.78. The molecule has 0 aliphatic heterocycles. The number of benzene rings is 3. The van der Waals surface area contributed by atoms with Crippen molar-refractivity contribution in [1.29, 1.82) is 0 Å². The van der Waals surface area contributed by atoms with Crippen molar-refractivity contribution in [3.05, 3.63) is 86.7 Å². The van der Waals surface area contributed by atoms with Crippen LogP contribution in [-0.4, -0.2) is 0 Å². The molecule has 0 amide bonds. The van der Waals surface area contributed by atoms with E-state index in [9.17, 15) is 4.39 Å². The summed E-state index contributed by atoms with van der Waals surface area (Å²) in [6, 6.07) is 12.5. The summed E-state index contributed by atoms with van der Waals surface area (Å²) in [6.45, 7) is 17.3. The summed E-state index contributed by atoms with van der Waals surface area (Å²) in [6.07, 6.45) is 0. The van der Waals surface area contributed by atoms with Gasteiger partial charge in [-0.2, -0.15) is 0 Å². The van der Waals surface area contributed by atoms with E-state index in [2.05, 4.69) is 79.7 Å². The Morgan fingerprint density at radius 1 is 0.464 bits per heavy atom. The standard InChI is InChI=1S/C26H30FP/c1-15-9-17(3)24(18(4)10-15)28(25-19(5)11-16(2)12-20(25)6)26-21(7)13-23(27)14-22(26)8/h9-14H,1-8H3. The maximum absolute atomic E-state index is 14.1. The van der Waals surface area contributed by atoms with E-state index in [0.29, 0.717) is 0 Å². The molecule has 0 radical (unpaired) electrons. The SMILES string of the molecule is Cc1cc(C)c(P(c2c(C)cc(C)cc2C)c2c(C)cc(F)cc2C)c(C)c1. The summed E-state index contributed by atoms with van der Waals surface area (Å²) in [7, 11) is -0.775. The Morgan fingerprint density at radius 2 is 0.714 bits per heavy atom. The molecule has 0 atom stereocenters. The molecule has 0 aromatic heterocycles. The first kappa shape index (κ1) is 20.7. The lowest BCUT2D eigenvalue weighted by molar-refractivity contribution is 0.626. The Hall–Kier alpha value is -1.98. The van der Waals surface area contributed by atoms with E-state index >= 15 is 0 Å². The monoisotopic (exact) mass is 392 g/mol. The van der Waals surface area contributed by atoms with E-state index in [1.807, 2.05) is 0 Å². The Morgan fingerprint density at radius 3 is 1.00 bits per heavy atom. The second-order valence-electron chi connectivity index (χ2n) is 8.22. The van der Waals surface area contributed by atoms with E-state index in [4.69, 9.17) is 0 Å². The van der Waals surface area contributed by atoms with Crippen molar-refractivity contribution < 1.29 is 4.39 Å². The largest absolute Gasteiger partial charge is 0.207 e. The van der Waals surface area contributed by atoms with Crippen molar-refractivity contribution in [3.63, 3.8) is 0 Å². The molecule has 0 fully saturated rings. The van der Waals surface area contributed by atoms with Gasteiger partial charge in [-0.3, -0.25) is 0 Å². The van der Waals surface area contributed by atoms with Crippen LogP contribution in [0.25, 0.3) is 0 Å². The summed E-state index contributed by atoms with van der Waals surface area (Å²) in [4.78, 5) is 0. The highest BCUT2D eigenvalue weighted by Crippen LogP contribution is 2.40. The van der Waals surface area contributed by atoms with Gasteiger partial charge < -0.3 is 0 Å². The molecular weight excluding hydrogens is 362 g/mol. The molecule has 0 bridgehead atoms. The average Bonchev–Trinajstić information content (AvgIpc) is 2.51. The molecule has 0 aliphatic carbocycles. The summed E-state index contributed by atoms with van der Waals surface area (Å²) in [5.41, 5.74) is 9.97. The highest BCUT2D eigenvalue weighted by molar-refractivity contribution is 7.80. The molecule has 2 heteroatoms. The van der Waals surface area contributed by atoms with E-state index in [-0.39, 0.29) is 5.82 Å². The van der Waals surface area contributed by atoms with Gasteiger partial charge in [0.15, 0.2) is 0 Å². The molecule has 0 saturated heterocycles. The molecule has 0 unspecified atom stereocenters. The highest BCUT2D eigenvalue weighted by atomic mass is 31.1. The van der Waals surface area contributed by atoms with Crippen LogP contribution in [0.1, 0.15) is 44.5 Å². The second-order valence-corrected chi connectivity index (χ2v) is 10.2. The van der Waals surface area contributed by atoms with Crippen molar-refractivity contribution in [3.8, 4) is 0 Å². The van der Waals surface area contributed by atoms with Crippen LogP contribution < -0.4 is 15.9 Å². The molecule has 0 spiro atoms. The third-order valence-electron chi connectivity index (χ3n) is 5.40. The lowest BCUT2D eigenvalue weighted by Gasteiger charge is -2.29. The Balaban J connectivity index is 2.45. The molecule has 3 aromatic carbocycles. The molecular formula is C26H30FP. The van der Waals surface area contributed by atoms with Gasteiger partial charge in [0.05, 0.1) is 0 Å². The Labute approximate surface area is 170 Å². The van der Waals surface area contributed by atoms with Gasteiger partial charge in [0.2, 0.25) is 0 Å². The van der Waals surface area contributed by atoms with Crippen molar-refractivity contribution in [1.82, 2.24) is 0 Å². The van der Waals surface area contributed by atoms with Gasteiger partial charge in [0, 0.05) is 0 Å². The summed E-state index contributed by atoms with van der Waals surface area (Å²) in [5.74, 6) is -0.150. The van der Waals surface area contributed by atoms with Crippen LogP contribution in [0.3, 0.4) is 0 Å². The molecule has 28 heavy (non-hydrogen) atoms. The predicted octanol–water partition coefficient (Wildman–Crippen LogP) is 6.05. The predicted molar refractivity (Wildman–Crippen MR) is 123 cm³/mol. The Kier molecular flexibility index (Phi) is 5.78. The molecule has 0 heterocycles. The third-order valence-corrected chi connectivity index (χ3v) is 8.86. The fraction of sp³-hybridized carbons (Fsp3) is 0.308. The van der Waals surface area contributed by atoms with Crippen molar-refractivity contribution in [2.75, 3.05) is 0 Å². The first-order valence-corrected chi connectivity index (χ1v) is 11.2. The molecule has 3 rings (SSSR count). The zero-order chi connectivity index (χ0) is 20.7. The number of hydrogen-bond donors (Lipinski definition) is 0. The smallest absolute Gasteiger partial charge is 0.123 e. The van der Waals surface area contributed by atoms with Gasteiger partial charge >= 0.3 is 0 Å². The second kappa shape index (κ2) is 7.80. The van der Waals surface area contributed by atoms with E-state index in [1.165, 1.54) is 49.3 Å². The van der Waals surface area contributed by atoms with E-state index < -0.39 is 7.92 Å². The van der Waals surface area contributed by atoms with Crippen molar-refractivity contribution in [2.45, 2.75) is 55.4 Å². The first-order chi connectivity index (χ1) is 13.1. The zero-order valence-electron chi connectivity index (χ0n) is 18.3. The van der Waals surface area contributed by atoms with Crippen LogP contribution in [0.5, 0.6) is 0 Å². The van der Waals surface area contributed by atoms with Crippen LogP contribution in [0.4, 0.5) is 4.39 Å². The van der Waals surface area contributed by atoms with Crippen LogP contribution in [-0.2, 0) is 0 Å². The number of aryl methyl sites for hydroxylation is 8. The molecule has 146 valence electrons. The molecule has 3 aromatic rings. The summed E-state index contributed by atoms with van der Waals surface area (Å²) < 4.78 is 14.1. The van der Waals surface area contributed by atoms with Gasteiger partial charge in [-0.05, 0) is 125 Å². The quantitative estimate of drug-likeness (QED) is 0.476. The minimum atomic E-state index is -0.775. The number of rotatable bonds is 3. The number of hydrogen-bond acceptors (Lipinski definition) is 0. The minimum Gasteiger partial charge on any atom is -0.207 e. The maximum Gasteiger partial charge on any atom is 0.123 e. The normalized spacial score (nSPS) is 11.4. The van der Waals surface area contributed by atoms with Crippen LogP contribution in [0, 0.1) is 61.2 Å². The van der Waals surface area contributed by atoms with Gasteiger partial charge in [0.25, 0.3) is 0 Å². The molecule has 0 N–H and O–H groups in total.